The zero-order valence-corrected chi connectivity index (χ0v) is 16.1. The van der Waals surface area contributed by atoms with Gasteiger partial charge in [-0.1, -0.05) is 22.4 Å². The van der Waals surface area contributed by atoms with Crippen molar-refractivity contribution in [1.82, 2.24) is 15.5 Å². The van der Waals surface area contributed by atoms with E-state index in [1.54, 1.807) is 0 Å². The molecular weight excluding hydrogens is 435 g/mol. The number of halogens is 3. The molecule has 3 rings (SSSR count). The van der Waals surface area contributed by atoms with Crippen LogP contribution in [0, 0.1) is 10.1 Å². The Kier molecular flexibility index (Phi) is 6.77. The predicted molar refractivity (Wildman–Crippen MR) is 103 cm³/mol. The molecule has 3 aromatic rings. The fourth-order valence-electron chi connectivity index (χ4n) is 2.38. The minimum atomic E-state index is -4.74. The first-order valence-electron chi connectivity index (χ1n) is 8.90. The highest BCUT2D eigenvalue weighted by atomic mass is 19.4. The summed E-state index contributed by atoms with van der Waals surface area (Å²) in [5, 5.41) is 20.1. The van der Waals surface area contributed by atoms with Crippen LogP contribution in [0.2, 0.25) is 0 Å². The number of nitrogens with zero attached hydrogens (tertiary/aromatic N) is 4. The molecule has 0 radical (unpaired) electrons. The third kappa shape index (κ3) is 5.87. The largest absolute Gasteiger partial charge is 0.471 e. The van der Waals surface area contributed by atoms with Gasteiger partial charge in [0.05, 0.1) is 17.7 Å². The highest BCUT2D eigenvalue weighted by Gasteiger charge is 2.38. The van der Waals surface area contributed by atoms with Gasteiger partial charge in [-0.15, -0.1) is 0 Å². The lowest BCUT2D eigenvalue weighted by molar-refractivity contribution is -0.384. The summed E-state index contributed by atoms with van der Waals surface area (Å²) in [6.45, 7) is 0.149. The lowest BCUT2D eigenvalue weighted by atomic mass is 10.1. The molecule has 0 unspecified atom stereocenters. The van der Waals surface area contributed by atoms with Crippen molar-refractivity contribution < 1.29 is 32.2 Å². The molecule has 10 nitrogen and oxygen atoms in total. The van der Waals surface area contributed by atoms with Crippen molar-refractivity contribution in [2.24, 2.45) is 5.16 Å². The Morgan fingerprint density at radius 3 is 2.47 bits per heavy atom. The van der Waals surface area contributed by atoms with Gasteiger partial charge in [0.1, 0.15) is 6.61 Å². The maximum Gasteiger partial charge on any atom is 0.471 e. The molecule has 1 N–H and O–H groups in total. The summed E-state index contributed by atoms with van der Waals surface area (Å²) in [7, 11) is 0. The second-order valence-electron chi connectivity index (χ2n) is 6.19. The number of nitro benzene ring substituents is 1. The molecule has 0 saturated heterocycles. The molecule has 1 heterocycles. The van der Waals surface area contributed by atoms with Crippen LogP contribution < -0.4 is 5.32 Å². The molecule has 0 fully saturated rings. The average Bonchev–Trinajstić information content (AvgIpc) is 3.27. The molecule has 0 atom stereocenters. The Morgan fingerprint density at radius 1 is 1.19 bits per heavy atom. The quantitative estimate of drug-likeness (QED) is 0.316. The van der Waals surface area contributed by atoms with Crippen LogP contribution in [0.15, 0.2) is 58.2 Å². The minimum absolute atomic E-state index is 0.0312. The first-order chi connectivity index (χ1) is 15.2. The predicted octanol–water partition coefficient (Wildman–Crippen LogP) is 3.60. The number of hydrogen-bond acceptors (Lipinski definition) is 8. The zero-order valence-electron chi connectivity index (χ0n) is 16.1. The number of benzene rings is 2. The van der Waals surface area contributed by atoms with E-state index in [2.05, 4.69) is 25.1 Å². The molecule has 0 spiro atoms. The summed E-state index contributed by atoms with van der Waals surface area (Å²) < 4.78 is 41.7. The van der Waals surface area contributed by atoms with Gasteiger partial charge in [0, 0.05) is 23.3 Å². The summed E-state index contributed by atoms with van der Waals surface area (Å²) in [5.41, 5.74) is 1.16. The molecule has 1 aromatic heterocycles. The maximum atomic E-state index is 12.5. The molecule has 0 bridgehead atoms. The highest BCUT2D eigenvalue weighted by Crippen LogP contribution is 2.29. The number of aromatic nitrogens is 2. The Labute approximate surface area is 177 Å². The van der Waals surface area contributed by atoms with Crippen molar-refractivity contribution in [2.45, 2.75) is 12.8 Å². The molecule has 13 heteroatoms. The first kappa shape index (κ1) is 22.4. The lowest BCUT2D eigenvalue weighted by Gasteiger charge is -2.03. The molecule has 1 amide bonds. The number of nitro groups is 1. The Morgan fingerprint density at radius 2 is 1.88 bits per heavy atom. The van der Waals surface area contributed by atoms with Gasteiger partial charge in [0.15, 0.2) is 0 Å². The van der Waals surface area contributed by atoms with E-state index >= 15 is 0 Å². The molecule has 0 aliphatic heterocycles. The van der Waals surface area contributed by atoms with Crippen LogP contribution in [0.5, 0.6) is 0 Å². The van der Waals surface area contributed by atoms with Crippen LogP contribution in [-0.4, -0.2) is 33.7 Å². The fourth-order valence-corrected chi connectivity index (χ4v) is 2.38. The Balaban J connectivity index is 1.44. The van der Waals surface area contributed by atoms with Crippen molar-refractivity contribution in [3.8, 4) is 11.4 Å². The van der Waals surface area contributed by atoms with E-state index in [-0.39, 0.29) is 35.8 Å². The standard InChI is InChI=1S/C19H14F3N5O5/c20-19(21,22)18-25-16(26-32-18)13-3-5-14(6-4-13)17(28)23-9-10-24-31-11-12-1-7-15(8-2-12)27(29)30/h1-8,10H,9,11H2,(H,23,28). The van der Waals surface area contributed by atoms with Crippen molar-refractivity contribution in [2.75, 3.05) is 6.54 Å². The smallest absolute Gasteiger partial charge is 0.391 e. The minimum Gasteiger partial charge on any atom is -0.391 e. The monoisotopic (exact) mass is 449 g/mol. The maximum absolute atomic E-state index is 12.5. The van der Waals surface area contributed by atoms with Crippen molar-refractivity contribution in [3.05, 3.63) is 75.7 Å². The van der Waals surface area contributed by atoms with Crippen LogP contribution >= 0.6 is 0 Å². The SMILES string of the molecule is O=C(NCC=NOCc1ccc([N+](=O)[O-])cc1)c1ccc(-c2noc(C(F)(F)F)n2)cc1. The second kappa shape index (κ2) is 9.68. The topological polar surface area (TPSA) is 133 Å². The van der Waals surface area contributed by atoms with Gasteiger partial charge in [0.25, 0.3) is 11.6 Å². The second-order valence-corrected chi connectivity index (χ2v) is 6.19. The molecule has 166 valence electrons. The number of oxime groups is 1. The Hall–Kier alpha value is -4.29. The van der Waals surface area contributed by atoms with Crippen LogP contribution in [0.4, 0.5) is 18.9 Å². The Bertz CT molecular complexity index is 1110. The van der Waals surface area contributed by atoms with E-state index in [0.717, 1.165) is 0 Å². The normalized spacial score (nSPS) is 11.5. The summed E-state index contributed by atoms with van der Waals surface area (Å²) in [6.07, 6.45) is -3.42. The lowest BCUT2D eigenvalue weighted by Crippen LogP contribution is -2.25. The zero-order chi connectivity index (χ0) is 23.1. The third-order valence-corrected chi connectivity index (χ3v) is 3.96. The van der Waals surface area contributed by atoms with E-state index < -0.39 is 22.9 Å². The van der Waals surface area contributed by atoms with Crippen LogP contribution in [0.3, 0.4) is 0 Å². The number of carbonyl (C=O) groups excluding carboxylic acids is 1. The summed E-state index contributed by atoms with van der Waals surface area (Å²) >= 11 is 0. The van der Waals surface area contributed by atoms with E-state index in [0.29, 0.717) is 5.56 Å². The van der Waals surface area contributed by atoms with E-state index in [1.165, 1.54) is 54.7 Å². The highest BCUT2D eigenvalue weighted by molar-refractivity contribution is 5.95. The number of rotatable bonds is 8. The van der Waals surface area contributed by atoms with Crippen LogP contribution in [-0.2, 0) is 17.6 Å². The molecule has 0 aliphatic carbocycles. The number of nitrogens with one attached hydrogen (secondary N) is 1. The van der Waals surface area contributed by atoms with Gasteiger partial charge in [-0.2, -0.15) is 18.2 Å². The third-order valence-electron chi connectivity index (χ3n) is 3.96. The number of alkyl halides is 3. The molecule has 32 heavy (non-hydrogen) atoms. The van der Waals surface area contributed by atoms with Gasteiger partial charge in [-0.25, -0.2) is 0 Å². The average molecular weight is 449 g/mol. The molecular formula is C19H14F3N5O5. The van der Waals surface area contributed by atoms with Gasteiger partial charge < -0.3 is 14.7 Å². The van der Waals surface area contributed by atoms with Crippen molar-refractivity contribution in [1.29, 1.82) is 0 Å². The van der Waals surface area contributed by atoms with Crippen molar-refractivity contribution >= 4 is 17.8 Å². The molecule has 2 aromatic carbocycles. The van der Waals surface area contributed by atoms with Gasteiger partial charge in [0.2, 0.25) is 5.82 Å². The number of carbonyl (C=O) groups is 1. The van der Waals surface area contributed by atoms with Crippen molar-refractivity contribution in [3.63, 3.8) is 0 Å². The van der Waals surface area contributed by atoms with Gasteiger partial charge in [-0.3, -0.25) is 14.9 Å². The number of hydrogen-bond donors (Lipinski definition) is 1. The fraction of sp³-hybridized carbons (Fsp3) is 0.158. The first-order valence-corrected chi connectivity index (χ1v) is 8.90. The van der Waals surface area contributed by atoms with E-state index in [4.69, 9.17) is 4.84 Å². The molecule has 0 saturated carbocycles. The van der Waals surface area contributed by atoms with E-state index in [9.17, 15) is 28.1 Å². The van der Waals surface area contributed by atoms with E-state index in [1.807, 2.05) is 0 Å². The van der Waals surface area contributed by atoms with Gasteiger partial charge in [-0.05, 0) is 29.8 Å². The molecule has 0 aliphatic rings. The van der Waals surface area contributed by atoms with Crippen LogP contribution in [0.25, 0.3) is 11.4 Å². The van der Waals surface area contributed by atoms with Crippen LogP contribution in [0.1, 0.15) is 21.8 Å². The summed E-state index contributed by atoms with van der Waals surface area (Å²) in [4.78, 5) is 30.5. The summed E-state index contributed by atoms with van der Waals surface area (Å²) in [5.74, 6) is -2.14. The number of non-ortho nitro benzene ring substituents is 1. The van der Waals surface area contributed by atoms with Gasteiger partial charge >= 0.3 is 12.1 Å². The summed E-state index contributed by atoms with van der Waals surface area (Å²) in [6, 6.07) is 11.4. The number of amides is 1.